The summed E-state index contributed by atoms with van der Waals surface area (Å²) in [4.78, 5) is 52.9. The summed E-state index contributed by atoms with van der Waals surface area (Å²) in [7, 11) is 0. The van der Waals surface area contributed by atoms with Gasteiger partial charge in [0.25, 0.3) is 0 Å². The Kier molecular flexibility index (Phi) is 11.6. The molecule has 1 aromatic carbocycles. The van der Waals surface area contributed by atoms with Crippen molar-refractivity contribution in [2.24, 2.45) is 0 Å². The van der Waals surface area contributed by atoms with Crippen molar-refractivity contribution < 1.29 is 38.1 Å². The van der Waals surface area contributed by atoms with E-state index in [-0.39, 0.29) is 24.5 Å². The lowest BCUT2D eigenvalue weighted by Gasteiger charge is -2.29. The number of imidazole rings is 1. The zero-order valence-corrected chi connectivity index (χ0v) is 32.9. The lowest BCUT2D eigenvalue weighted by molar-refractivity contribution is -0.0584. The van der Waals surface area contributed by atoms with Crippen molar-refractivity contribution in [1.29, 1.82) is 5.26 Å². The summed E-state index contributed by atoms with van der Waals surface area (Å²) in [5, 5.41) is 10.0. The van der Waals surface area contributed by atoms with Crippen LogP contribution in [0.15, 0.2) is 30.3 Å². The minimum atomic E-state index is -1.12. The Bertz CT molecular complexity index is 1980. The summed E-state index contributed by atoms with van der Waals surface area (Å²) < 4.78 is 30.4. The van der Waals surface area contributed by atoms with Crippen molar-refractivity contribution >= 4 is 57.4 Å². The van der Waals surface area contributed by atoms with Crippen molar-refractivity contribution in [3.8, 4) is 6.07 Å². The number of hydrogen-bond donors (Lipinski definition) is 0. The van der Waals surface area contributed by atoms with Gasteiger partial charge in [0.15, 0.2) is 5.82 Å². The largest absolute Gasteiger partial charge is 0.509 e. The molecule has 4 aromatic rings. The van der Waals surface area contributed by atoms with Gasteiger partial charge in [0.1, 0.15) is 51.3 Å². The van der Waals surface area contributed by atoms with Gasteiger partial charge in [0.2, 0.25) is 0 Å². The van der Waals surface area contributed by atoms with Gasteiger partial charge >= 0.3 is 18.3 Å². The van der Waals surface area contributed by atoms with Gasteiger partial charge in [-0.3, -0.25) is 0 Å². The summed E-state index contributed by atoms with van der Waals surface area (Å²) in [6.45, 7) is 21.3. The Morgan fingerprint density at radius 3 is 2.00 bits per heavy atom. The summed E-state index contributed by atoms with van der Waals surface area (Å²) in [6.07, 6.45) is -2.31. The van der Waals surface area contributed by atoms with E-state index in [0.29, 0.717) is 40.1 Å². The maximum Gasteiger partial charge on any atom is 0.509 e. The summed E-state index contributed by atoms with van der Waals surface area (Å²) in [6, 6.07) is 11.6. The molecule has 3 aromatic heterocycles. The molecule has 0 saturated heterocycles. The number of imide groups is 1. The number of hydrogen-bond acceptors (Lipinski definition) is 12. The quantitative estimate of drug-likeness (QED) is 0.119. The van der Waals surface area contributed by atoms with Gasteiger partial charge in [0, 0.05) is 23.3 Å². The molecule has 0 saturated carbocycles. The first-order valence-electron chi connectivity index (χ1n) is 17.1. The predicted octanol–water partition coefficient (Wildman–Crippen LogP) is 9.05. The number of nitrogens with zero attached hydrogens (tertiary/aromatic N) is 5. The van der Waals surface area contributed by atoms with Crippen LogP contribution >= 0.6 is 11.3 Å². The highest BCUT2D eigenvalue weighted by molar-refractivity contribution is 7.12. The number of anilines is 1. The van der Waals surface area contributed by atoms with Crippen LogP contribution in [0.1, 0.15) is 104 Å². The molecule has 0 aliphatic heterocycles. The molecule has 0 atom stereocenters. The molecular weight excluding hydrogens is 687 g/mol. The molecule has 0 spiro atoms. The lowest BCUT2D eigenvalue weighted by atomic mass is 10.1. The molecule has 2 amide bonds. The van der Waals surface area contributed by atoms with Crippen LogP contribution in [0.5, 0.6) is 0 Å². The van der Waals surface area contributed by atoms with Crippen LogP contribution in [0, 0.1) is 11.3 Å². The van der Waals surface area contributed by atoms with Crippen molar-refractivity contribution in [2.75, 3.05) is 11.5 Å². The second-order valence-electron chi connectivity index (χ2n) is 15.9. The third-order valence-electron chi connectivity index (χ3n) is 7.04. The van der Waals surface area contributed by atoms with Gasteiger partial charge in [-0.15, -0.1) is 11.3 Å². The van der Waals surface area contributed by atoms with Crippen LogP contribution < -0.4 is 4.90 Å². The highest BCUT2D eigenvalue weighted by atomic mass is 32.1. The van der Waals surface area contributed by atoms with E-state index in [0.717, 1.165) is 15.3 Å². The number of carbonyl (C=O) groups excluding carboxylic acids is 3. The molecule has 280 valence electrons. The number of rotatable bonds is 9. The van der Waals surface area contributed by atoms with E-state index in [1.807, 2.05) is 35.8 Å². The summed E-state index contributed by atoms with van der Waals surface area (Å²) >= 11 is 1.40. The normalized spacial score (nSPS) is 12.4. The smallest absolute Gasteiger partial charge is 0.443 e. The molecule has 3 heterocycles. The third kappa shape index (κ3) is 10.4. The van der Waals surface area contributed by atoms with Gasteiger partial charge in [0.05, 0.1) is 17.6 Å². The van der Waals surface area contributed by atoms with Crippen LogP contribution in [-0.2, 0) is 43.3 Å². The minimum absolute atomic E-state index is 0.0607. The van der Waals surface area contributed by atoms with Gasteiger partial charge in [-0.2, -0.15) is 10.2 Å². The first-order chi connectivity index (χ1) is 24.0. The van der Waals surface area contributed by atoms with Crippen LogP contribution in [-0.4, -0.2) is 61.9 Å². The second-order valence-corrected chi connectivity index (χ2v) is 17.1. The van der Waals surface area contributed by atoms with E-state index in [1.54, 1.807) is 82.2 Å². The zero-order chi connectivity index (χ0) is 38.8. The molecule has 0 fully saturated rings. The zero-order valence-electron chi connectivity index (χ0n) is 32.1. The maximum absolute atomic E-state index is 13.9. The fraction of sp³-hybridized carbons (Fsp3) is 0.526. The number of amides is 2. The Morgan fingerprint density at radius 1 is 0.846 bits per heavy atom. The number of benzene rings is 1. The van der Waals surface area contributed by atoms with Crippen molar-refractivity contribution in [1.82, 2.24) is 14.5 Å². The average Bonchev–Trinajstić information content (AvgIpc) is 3.57. The fourth-order valence-electron chi connectivity index (χ4n) is 5.21. The molecule has 0 radical (unpaired) electrons. The summed E-state index contributed by atoms with van der Waals surface area (Å²) in [5.41, 5.74) is -1.77. The summed E-state index contributed by atoms with van der Waals surface area (Å²) in [5.74, 6) is 0.335. The lowest BCUT2D eigenvalue weighted by Crippen LogP contribution is -2.44. The van der Waals surface area contributed by atoms with Gasteiger partial charge < -0.3 is 28.3 Å². The number of carbonyl (C=O) groups is 3. The van der Waals surface area contributed by atoms with E-state index in [4.69, 9.17) is 33.7 Å². The van der Waals surface area contributed by atoms with Crippen LogP contribution in [0.3, 0.4) is 0 Å². The number of aromatic nitrogens is 3. The van der Waals surface area contributed by atoms with E-state index in [2.05, 4.69) is 6.07 Å². The number of ether oxygens (including phenoxy) is 5. The van der Waals surface area contributed by atoms with Crippen molar-refractivity contribution in [3.63, 3.8) is 0 Å². The maximum atomic E-state index is 13.9. The molecule has 52 heavy (non-hydrogen) atoms. The first-order valence-corrected chi connectivity index (χ1v) is 17.9. The van der Waals surface area contributed by atoms with E-state index < -0.39 is 40.7 Å². The van der Waals surface area contributed by atoms with E-state index in [9.17, 15) is 19.6 Å². The molecule has 0 unspecified atom stereocenters. The first kappa shape index (κ1) is 40.0. The van der Waals surface area contributed by atoms with Crippen LogP contribution in [0.2, 0.25) is 0 Å². The monoisotopic (exact) mass is 735 g/mol. The molecule has 0 N–H and O–H groups in total. The Labute approximate surface area is 308 Å². The fourth-order valence-corrected chi connectivity index (χ4v) is 6.05. The molecule has 13 nitrogen and oxygen atoms in total. The predicted molar refractivity (Wildman–Crippen MR) is 199 cm³/mol. The number of fused-ring (bicyclic) bond motifs is 3. The van der Waals surface area contributed by atoms with Crippen molar-refractivity contribution in [3.05, 3.63) is 51.5 Å². The third-order valence-corrected chi connectivity index (χ3v) is 8.03. The van der Waals surface area contributed by atoms with E-state index in [1.165, 1.54) is 11.3 Å². The topological polar surface area (TPSA) is 155 Å². The van der Waals surface area contributed by atoms with Crippen LogP contribution in [0.25, 0.3) is 21.9 Å². The minimum Gasteiger partial charge on any atom is -0.443 e. The molecule has 4 rings (SSSR count). The van der Waals surface area contributed by atoms with Gasteiger partial charge in [-0.05, 0) is 107 Å². The Morgan fingerprint density at radius 2 is 1.46 bits per heavy atom. The number of nitriles is 1. The molecule has 0 bridgehead atoms. The van der Waals surface area contributed by atoms with Crippen molar-refractivity contribution in [2.45, 2.75) is 125 Å². The Hall–Kier alpha value is -4.74. The highest BCUT2D eigenvalue weighted by Crippen LogP contribution is 2.36. The number of thiophene rings is 1. The molecule has 14 heteroatoms. The second kappa shape index (κ2) is 15.1. The SMILES string of the molecule is CCOCc1nc2c(N(C(=O)OC(C)(C)C)C(=O)OC(C)(C)C)nc3cc(Cc4ccc(C#N)s4)ccc3c2n1CC(C)(C)OC(=O)OC(C)(C)C. The van der Waals surface area contributed by atoms with Gasteiger partial charge in [-0.25, -0.2) is 24.4 Å². The van der Waals surface area contributed by atoms with Gasteiger partial charge in [-0.1, -0.05) is 12.1 Å². The number of pyridine rings is 1. The standard InChI is InChI=1S/C38H49N5O8S/c1-13-47-21-28-41-29-30(42(28)22-38(11,12)51-34(46)50-37(8,9)10)26-17-14-23(18-24-15-16-25(20-39)52-24)19-27(26)40-31(29)43(32(44)48-35(2,3)4)33(45)49-36(5,6)7/h14-17,19H,13,18,21-22H2,1-12H3. The highest BCUT2D eigenvalue weighted by Gasteiger charge is 2.37. The van der Waals surface area contributed by atoms with E-state index >= 15 is 0 Å². The molecule has 0 aliphatic carbocycles. The Balaban J connectivity index is 2.03. The van der Waals surface area contributed by atoms with Crippen LogP contribution in [0.4, 0.5) is 20.2 Å². The average molecular weight is 736 g/mol. The molecule has 0 aliphatic rings. The molecular formula is C38H49N5O8S.